The Kier molecular flexibility index (Phi) is 4.91. The van der Waals surface area contributed by atoms with Crippen molar-refractivity contribution in [1.82, 2.24) is 24.2 Å². The third-order valence-electron chi connectivity index (χ3n) is 5.53. The fourth-order valence-electron chi connectivity index (χ4n) is 4.04. The lowest BCUT2D eigenvalue weighted by Gasteiger charge is -2.36. The Morgan fingerprint density at radius 2 is 1.96 bits per heavy atom. The minimum Gasteiger partial charge on any atom is -0.333 e. The highest BCUT2D eigenvalue weighted by atomic mass is 32.2. The van der Waals surface area contributed by atoms with Crippen LogP contribution >= 0.6 is 0 Å². The van der Waals surface area contributed by atoms with Crippen LogP contribution < -0.4 is 4.72 Å². The maximum atomic E-state index is 12.9. The molecule has 9 heteroatoms. The fraction of sp³-hybridized carbons (Fsp3) is 0.632. The van der Waals surface area contributed by atoms with Crippen LogP contribution in [0.2, 0.25) is 0 Å². The summed E-state index contributed by atoms with van der Waals surface area (Å²) in [6, 6.07) is 3.12. The van der Waals surface area contributed by atoms with Crippen LogP contribution in [0, 0.1) is 6.92 Å². The van der Waals surface area contributed by atoms with E-state index >= 15 is 0 Å². The van der Waals surface area contributed by atoms with Gasteiger partial charge in [0.15, 0.2) is 5.65 Å². The molecule has 2 atom stereocenters. The molecule has 1 aliphatic carbocycles. The number of rotatable bonds is 5. The molecule has 2 aromatic rings. The SMILES string of the molecule is Cc1cc(C2CC2)nc2cc([C@@H]3CCCCN3C(=O)C(C)NS(C)(=O)=O)nn12. The predicted molar refractivity (Wildman–Crippen MR) is 105 cm³/mol. The summed E-state index contributed by atoms with van der Waals surface area (Å²) >= 11 is 0. The molecule has 0 radical (unpaired) electrons. The number of nitrogens with one attached hydrogen (secondary N) is 1. The molecule has 152 valence electrons. The average molecular weight is 406 g/mol. The molecule has 1 unspecified atom stereocenters. The van der Waals surface area contributed by atoms with Gasteiger partial charge in [-0.05, 0) is 52.0 Å². The second-order valence-electron chi connectivity index (χ2n) is 8.09. The first-order valence-corrected chi connectivity index (χ1v) is 11.8. The number of aryl methyl sites for hydroxylation is 1. The molecule has 1 saturated heterocycles. The Bertz CT molecular complexity index is 1010. The summed E-state index contributed by atoms with van der Waals surface area (Å²) in [4.78, 5) is 19.5. The van der Waals surface area contributed by atoms with Crippen LogP contribution in [0.5, 0.6) is 0 Å². The predicted octanol–water partition coefficient (Wildman–Crippen LogP) is 1.91. The Balaban J connectivity index is 1.64. The van der Waals surface area contributed by atoms with E-state index in [1.807, 2.05) is 17.5 Å². The van der Waals surface area contributed by atoms with Crippen LogP contribution in [-0.4, -0.2) is 52.7 Å². The van der Waals surface area contributed by atoms with Gasteiger partial charge in [-0.1, -0.05) is 0 Å². The second-order valence-corrected chi connectivity index (χ2v) is 9.87. The monoisotopic (exact) mass is 405 g/mol. The summed E-state index contributed by atoms with van der Waals surface area (Å²) in [5.41, 5.74) is 3.80. The van der Waals surface area contributed by atoms with Gasteiger partial charge in [-0.15, -0.1) is 0 Å². The van der Waals surface area contributed by atoms with Crippen molar-refractivity contribution in [2.24, 2.45) is 0 Å². The molecule has 2 aromatic heterocycles. The Morgan fingerprint density at radius 1 is 1.21 bits per heavy atom. The largest absolute Gasteiger partial charge is 0.333 e. The van der Waals surface area contributed by atoms with Gasteiger partial charge in [0.25, 0.3) is 0 Å². The van der Waals surface area contributed by atoms with Crippen LogP contribution in [0.4, 0.5) is 0 Å². The molecule has 4 rings (SSSR count). The highest BCUT2D eigenvalue weighted by Crippen LogP contribution is 2.39. The van der Waals surface area contributed by atoms with Gasteiger partial charge >= 0.3 is 0 Å². The average Bonchev–Trinajstić information content (AvgIpc) is 3.39. The van der Waals surface area contributed by atoms with Crippen molar-refractivity contribution in [2.75, 3.05) is 12.8 Å². The third-order valence-corrected chi connectivity index (χ3v) is 6.31. The van der Waals surface area contributed by atoms with Gasteiger partial charge in [0.1, 0.15) is 0 Å². The summed E-state index contributed by atoms with van der Waals surface area (Å²) < 4.78 is 27.3. The Labute approximate surface area is 165 Å². The molecule has 1 aliphatic heterocycles. The molecule has 1 N–H and O–H groups in total. The van der Waals surface area contributed by atoms with E-state index < -0.39 is 16.1 Å². The molecule has 28 heavy (non-hydrogen) atoms. The summed E-state index contributed by atoms with van der Waals surface area (Å²) in [6.07, 6.45) is 6.19. The zero-order valence-electron chi connectivity index (χ0n) is 16.6. The van der Waals surface area contributed by atoms with E-state index in [0.29, 0.717) is 12.5 Å². The van der Waals surface area contributed by atoms with E-state index in [-0.39, 0.29) is 11.9 Å². The van der Waals surface area contributed by atoms with Gasteiger partial charge < -0.3 is 4.90 Å². The maximum absolute atomic E-state index is 12.9. The van der Waals surface area contributed by atoms with E-state index in [1.54, 1.807) is 11.8 Å². The van der Waals surface area contributed by atoms with Crippen molar-refractivity contribution in [1.29, 1.82) is 0 Å². The molecule has 1 amide bonds. The van der Waals surface area contributed by atoms with Gasteiger partial charge in [-0.25, -0.2) is 22.6 Å². The number of carbonyl (C=O) groups excluding carboxylic acids is 1. The van der Waals surface area contributed by atoms with Gasteiger partial charge in [0.05, 0.1) is 24.0 Å². The van der Waals surface area contributed by atoms with Crippen molar-refractivity contribution >= 4 is 21.6 Å². The number of amides is 1. The number of likely N-dealkylation sites (tertiary alicyclic amines) is 1. The molecule has 0 spiro atoms. The van der Waals surface area contributed by atoms with Gasteiger partial charge in [0, 0.05) is 29.9 Å². The lowest BCUT2D eigenvalue weighted by molar-refractivity contribution is -0.136. The Hall–Kier alpha value is -2.00. The molecule has 0 bridgehead atoms. The number of sulfonamides is 1. The van der Waals surface area contributed by atoms with Crippen molar-refractivity contribution in [3.05, 3.63) is 29.2 Å². The lowest BCUT2D eigenvalue weighted by Crippen LogP contribution is -2.49. The number of nitrogens with zero attached hydrogens (tertiary/aromatic N) is 4. The highest BCUT2D eigenvalue weighted by molar-refractivity contribution is 7.88. The molecule has 8 nitrogen and oxygen atoms in total. The summed E-state index contributed by atoms with van der Waals surface area (Å²) in [5.74, 6) is 0.355. The van der Waals surface area contributed by atoms with Gasteiger partial charge in [-0.2, -0.15) is 5.10 Å². The number of hydrogen-bond acceptors (Lipinski definition) is 5. The number of carbonyl (C=O) groups is 1. The molecule has 3 heterocycles. The van der Waals surface area contributed by atoms with E-state index in [1.165, 1.54) is 12.8 Å². The van der Waals surface area contributed by atoms with Crippen LogP contribution in [0.1, 0.15) is 68.1 Å². The second kappa shape index (κ2) is 7.11. The zero-order valence-corrected chi connectivity index (χ0v) is 17.4. The quantitative estimate of drug-likeness (QED) is 0.820. The summed E-state index contributed by atoms with van der Waals surface area (Å²) in [6.45, 7) is 4.22. The molecule has 2 aliphatic rings. The van der Waals surface area contributed by atoms with Crippen molar-refractivity contribution < 1.29 is 13.2 Å². The van der Waals surface area contributed by atoms with E-state index in [4.69, 9.17) is 10.1 Å². The smallest absolute Gasteiger partial charge is 0.241 e. The minimum absolute atomic E-state index is 0.157. The Morgan fingerprint density at radius 3 is 2.64 bits per heavy atom. The van der Waals surface area contributed by atoms with Crippen LogP contribution in [0.25, 0.3) is 5.65 Å². The number of piperidine rings is 1. The minimum atomic E-state index is -3.45. The number of aromatic nitrogens is 3. The first kappa shape index (κ1) is 19.3. The lowest BCUT2D eigenvalue weighted by atomic mass is 9.98. The number of fused-ring (bicyclic) bond motifs is 1. The van der Waals surface area contributed by atoms with Crippen LogP contribution in [0.3, 0.4) is 0 Å². The number of hydrogen-bond donors (Lipinski definition) is 1. The molecular weight excluding hydrogens is 378 g/mol. The zero-order chi connectivity index (χ0) is 20.1. The highest BCUT2D eigenvalue weighted by Gasteiger charge is 2.33. The van der Waals surface area contributed by atoms with Gasteiger partial charge in [0.2, 0.25) is 15.9 Å². The molecular formula is C19H27N5O3S. The van der Waals surface area contributed by atoms with E-state index in [2.05, 4.69) is 10.8 Å². The normalized spacial score (nSPS) is 21.8. The van der Waals surface area contributed by atoms with E-state index in [0.717, 1.165) is 48.2 Å². The summed E-state index contributed by atoms with van der Waals surface area (Å²) in [7, 11) is -3.45. The first-order valence-electron chi connectivity index (χ1n) is 9.88. The van der Waals surface area contributed by atoms with Crippen molar-refractivity contribution in [3.63, 3.8) is 0 Å². The first-order chi connectivity index (χ1) is 13.2. The maximum Gasteiger partial charge on any atom is 0.241 e. The third kappa shape index (κ3) is 3.91. The van der Waals surface area contributed by atoms with Gasteiger partial charge in [-0.3, -0.25) is 4.79 Å². The van der Waals surface area contributed by atoms with Crippen LogP contribution in [-0.2, 0) is 14.8 Å². The van der Waals surface area contributed by atoms with Crippen LogP contribution in [0.15, 0.2) is 12.1 Å². The van der Waals surface area contributed by atoms with E-state index in [9.17, 15) is 13.2 Å². The standard InChI is InChI=1S/C19H27N5O3S/c1-12-10-15(14-7-8-14)20-18-11-16(21-24(12)18)17-6-4-5-9-23(17)19(25)13(2)22-28(3,26)27/h10-11,13-14,17,22H,4-9H2,1-3H3/t13?,17-/m0/s1. The fourth-order valence-corrected chi connectivity index (χ4v) is 4.79. The van der Waals surface area contributed by atoms with Crippen molar-refractivity contribution in [2.45, 2.75) is 64.0 Å². The molecule has 2 fully saturated rings. The summed E-state index contributed by atoms with van der Waals surface area (Å²) in [5, 5.41) is 4.74. The molecule has 0 aromatic carbocycles. The molecule has 1 saturated carbocycles. The topological polar surface area (TPSA) is 96.7 Å². The van der Waals surface area contributed by atoms with Crippen molar-refractivity contribution in [3.8, 4) is 0 Å².